The lowest BCUT2D eigenvalue weighted by molar-refractivity contribution is -0.459. The first-order chi connectivity index (χ1) is 8.40. The van der Waals surface area contributed by atoms with Crippen LogP contribution >= 0.6 is 0 Å². The molecule has 0 amide bonds. The highest BCUT2D eigenvalue weighted by atomic mass is 14.8. The average Bonchev–Trinajstić information content (AvgIpc) is 2.75. The third kappa shape index (κ3) is 1.78. The van der Waals surface area contributed by atoms with Crippen LogP contribution in [0.3, 0.4) is 0 Å². The Balaban J connectivity index is 2.07. The summed E-state index contributed by atoms with van der Waals surface area (Å²) in [6.45, 7) is 3.32. The van der Waals surface area contributed by atoms with Crippen LogP contribution in [-0.2, 0) is 6.42 Å². The van der Waals surface area contributed by atoms with Crippen LogP contribution < -0.4 is 4.99 Å². The van der Waals surface area contributed by atoms with Crippen molar-refractivity contribution in [1.29, 1.82) is 0 Å². The standard InChI is InChI=1S/C15H18N2/c1-2-3-7-14-15-12(9-10-16-14)11-6-4-5-8-13(11)17-15/h4-6,8,17H,2-3,7,9-10H2,1H3/p+1. The van der Waals surface area contributed by atoms with Gasteiger partial charge in [0.2, 0.25) is 0 Å². The van der Waals surface area contributed by atoms with Crippen molar-refractivity contribution in [3.8, 4) is 0 Å². The molecule has 1 aromatic carbocycles. The topological polar surface area (TPSA) is 29.8 Å². The molecule has 2 heterocycles. The average molecular weight is 227 g/mol. The van der Waals surface area contributed by atoms with Crippen molar-refractivity contribution in [3.63, 3.8) is 0 Å². The predicted octanol–water partition coefficient (Wildman–Crippen LogP) is 1.78. The van der Waals surface area contributed by atoms with E-state index in [4.69, 9.17) is 0 Å². The molecule has 0 fully saturated rings. The first-order valence-corrected chi connectivity index (χ1v) is 6.60. The van der Waals surface area contributed by atoms with Gasteiger partial charge in [0.05, 0.1) is 0 Å². The number of fused-ring (bicyclic) bond motifs is 3. The predicted molar refractivity (Wildman–Crippen MR) is 71.5 cm³/mol. The summed E-state index contributed by atoms with van der Waals surface area (Å²) >= 11 is 0. The van der Waals surface area contributed by atoms with Gasteiger partial charge in [-0.2, -0.15) is 0 Å². The van der Waals surface area contributed by atoms with Crippen LogP contribution in [0.5, 0.6) is 0 Å². The minimum atomic E-state index is 1.08. The maximum atomic E-state index is 3.58. The minimum Gasteiger partial charge on any atom is -0.350 e. The van der Waals surface area contributed by atoms with E-state index in [9.17, 15) is 0 Å². The molecule has 0 spiro atoms. The molecule has 0 saturated carbocycles. The Hall–Kier alpha value is -1.57. The Morgan fingerprint density at radius 3 is 3.06 bits per heavy atom. The summed E-state index contributed by atoms with van der Waals surface area (Å²) in [4.78, 5) is 7.13. The van der Waals surface area contributed by atoms with Gasteiger partial charge in [-0.3, -0.25) is 0 Å². The monoisotopic (exact) mass is 227 g/mol. The van der Waals surface area contributed by atoms with Crippen molar-refractivity contribution in [2.75, 3.05) is 6.54 Å². The molecule has 2 heteroatoms. The van der Waals surface area contributed by atoms with Crippen LogP contribution in [0.4, 0.5) is 0 Å². The number of nitrogens with one attached hydrogen (secondary N) is 2. The van der Waals surface area contributed by atoms with Gasteiger partial charge in [0.25, 0.3) is 0 Å². The smallest absolute Gasteiger partial charge is 0.198 e. The number of para-hydroxylation sites is 1. The molecule has 0 unspecified atom stereocenters. The quantitative estimate of drug-likeness (QED) is 0.800. The molecule has 17 heavy (non-hydrogen) atoms. The molecular formula is C15H19N2+. The number of rotatable bonds is 3. The molecule has 3 rings (SSSR count). The fraction of sp³-hybridized carbons (Fsp3) is 0.400. The number of unbranched alkanes of at least 4 members (excludes halogenated alkanes) is 1. The summed E-state index contributed by atoms with van der Waals surface area (Å²) in [7, 11) is 0. The zero-order valence-electron chi connectivity index (χ0n) is 10.3. The molecule has 0 radical (unpaired) electrons. The Kier molecular flexibility index (Phi) is 2.71. The minimum absolute atomic E-state index is 1.08. The van der Waals surface area contributed by atoms with Crippen LogP contribution in [-0.4, -0.2) is 17.2 Å². The summed E-state index contributed by atoms with van der Waals surface area (Å²) in [5.74, 6) is 0. The maximum Gasteiger partial charge on any atom is 0.198 e. The summed E-state index contributed by atoms with van der Waals surface area (Å²) in [6, 6.07) is 8.63. The second-order valence-electron chi connectivity index (χ2n) is 4.78. The summed E-state index contributed by atoms with van der Waals surface area (Å²) < 4.78 is 0. The number of aromatic nitrogens is 1. The van der Waals surface area contributed by atoms with Crippen LogP contribution in [0.2, 0.25) is 0 Å². The van der Waals surface area contributed by atoms with Crippen LogP contribution in [0.1, 0.15) is 37.4 Å². The molecule has 88 valence electrons. The van der Waals surface area contributed by atoms with Crippen LogP contribution in [0, 0.1) is 0 Å². The number of hydrogen-bond donors (Lipinski definition) is 2. The van der Waals surface area contributed by atoms with Crippen molar-refractivity contribution in [2.24, 2.45) is 0 Å². The third-order valence-corrected chi connectivity index (χ3v) is 3.61. The van der Waals surface area contributed by atoms with Gasteiger partial charge in [0.1, 0.15) is 12.2 Å². The molecule has 1 aliphatic rings. The zero-order chi connectivity index (χ0) is 11.7. The first kappa shape index (κ1) is 10.6. The lowest BCUT2D eigenvalue weighted by Gasteiger charge is -2.07. The number of aromatic amines is 1. The van der Waals surface area contributed by atoms with E-state index in [1.165, 1.54) is 40.7 Å². The Morgan fingerprint density at radius 1 is 1.29 bits per heavy atom. The molecule has 0 bridgehead atoms. The van der Waals surface area contributed by atoms with Gasteiger partial charge in [-0.1, -0.05) is 31.5 Å². The van der Waals surface area contributed by atoms with Crippen molar-refractivity contribution >= 4 is 16.6 Å². The Morgan fingerprint density at radius 2 is 2.18 bits per heavy atom. The summed E-state index contributed by atoms with van der Waals surface area (Å²) in [5, 5.41) is 1.40. The zero-order valence-corrected chi connectivity index (χ0v) is 10.3. The molecule has 1 aliphatic heterocycles. The van der Waals surface area contributed by atoms with E-state index in [0.29, 0.717) is 0 Å². The summed E-state index contributed by atoms with van der Waals surface area (Å²) in [5.41, 5.74) is 5.54. The van der Waals surface area contributed by atoms with Crippen molar-refractivity contribution in [1.82, 2.24) is 4.98 Å². The van der Waals surface area contributed by atoms with Gasteiger partial charge < -0.3 is 4.98 Å². The molecule has 1 aromatic heterocycles. The number of H-pyrrole nitrogens is 1. The van der Waals surface area contributed by atoms with E-state index in [1.54, 1.807) is 0 Å². The fourth-order valence-corrected chi connectivity index (χ4v) is 2.71. The van der Waals surface area contributed by atoms with Gasteiger partial charge in [-0.25, -0.2) is 4.99 Å². The largest absolute Gasteiger partial charge is 0.350 e. The highest BCUT2D eigenvalue weighted by molar-refractivity contribution is 6.02. The molecule has 2 aromatic rings. The van der Waals surface area contributed by atoms with E-state index >= 15 is 0 Å². The molecule has 2 nitrogen and oxygen atoms in total. The van der Waals surface area contributed by atoms with E-state index < -0.39 is 0 Å². The van der Waals surface area contributed by atoms with E-state index in [2.05, 4.69) is 41.2 Å². The van der Waals surface area contributed by atoms with Crippen molar-refractivity contribution < 1.29 is 4.99 Å². The Bertz CT molecular complexity index is 563. The van der Waals surface area contributed by atoms with Crippen molar-refractivity contribution in [2.45, 2.75) is 32.6 Å². The number of hydrogen-bond acceptors (Lipinski definition) is 0. The molecule has 0 saturated heterocycles. The van der Waals surface area contributed by atoms with Gasteiger partial charge in [0, 0.05) is 23.7 Å². The SMILES string of the molecule is CCCCC1=[NH+]CCc2c1[nH]c1ccccc21. The third-order valence-electron chi connectivity index (χ3n) is 3.61. The van der Waals surface area contributed by atoms with Crippen molar-refractivity contribution in [3.05, 3.63) is 35.5 Å². The molecule has 0 atom stereocenters. The molecular weight excluding hydrogens is 208 g/mol. The van der Waals surface area contributed by atoms with Crippen LogP contribution in [0.25, 0.3) is 10.9 Å². The Labute approximate surface area is 102 Å². The normalized spacial score (nSPS) is 14.8. The fourth-order valence-electron chi connectivity index (χ4n) is 2.71. The summed E-state index contributed by atoms with van der Waals surface area (Å²) in [6.07, 6.45) is 4.81. The first-order valence-electron chi connectivity index (χ1n) is 6.60. The lowest BCUT2D eigenvalue weighted by Crippen LogP contribution is -2.75. The second-order valence-corrected chi connectivity index (χ2v) is 4.78. The van der Waals surface area contributed by atoms with Gasteiger partial charge in [0.15, 0.2) is 5.71 Å². The molecule has 0 aliphatic carbocycles. The lowest BCUT2D eigenvalue weighted by atomic mass is 9.99. The number of benzene rings is 1. The van der Waals surface area contributed by atoms with Gasteiger partial charge >= 0.3 is 0 Å². The van der Waals surface area contributed by atoms with Gasteiger partial charge in [-0.05, 0) is 18.1 Å². The highest BCUT2D eigenvalue weighted by Crippen LogP contribution is 2.24. The highest BCUT2D eigenvalue weighted by Gasteiger charge is 2.23. The van der Waals surface area contributed by atoms with E-state index in [0.717, 1.165) is 19.4 Å². The van der Waals surface area contributed by atoms with Gasteiger partial charge in [-0.15, -0.1) is 0 Å². The second kappa shape index (κ2) is 4.36. The van der Waals surface area contributed by atoms with Crippen LogP contribution in [0.15, 0.2) is 24.3 Å². The van der Waals surface area contributed by atoms with E-state index in [-0.39, 0.29) is 0 Å². The molecule has 2 N–H and O–H groups in total. The maximum absolute atomic E-state index is 3.58. The van der Waals surface area contributed by atoms with E-state index in [1.807, 2.05) is 0 Å².